The van der Waals surface area contributed by atoms with E-state index in [0.29, 0.717) is 18.2 Å². The third-order valence-corrected chi connectivity index (χ3v) is 8.12. The van der Waals surface area contributed by atoms with Crippen molar-refractivity contribution in [2.75, 3.05) is 26.7 Å². The summed E-state index contributed by atoms with van der Waals surface area (Å²) < 4.78 is 35.0. The first-order valence-corrected chi connectivity index (χ1v) is 13.6. The van der Waals surface area contributed by atoms with E-state index in [2.05, 4.69) is 35.6 Å². The highest BCUT2D eigenvalue weighted by atomic mass is 32.2. The van der Waals surface area contributed by atoms with E-state index in [1.165, 1.54) is 4.31 Å². The number of benzene rings is 1. The number of aliphatic hydroxyl groups excluding tert-OH is 1. The predicted octanol–water partition coefficient (Wildman–Crippen LogP) is 3.38. The first-order valence-electron chi connectivity index (χ1n) is 12.1. The van der Waals surface area contributed by atoms with Crippen molar-refractivity contribution in [2.24, 2.45) is 11.8 Å². The van der Waals surface area contributed by atoms with Gasteiger partial charge in [0, 0.05) is 56.0 Å². The number of nitrogens with zero attached hydrogens (tertiary/aromatic N) is 3. The van der Waals surface area contributed by atoms with Gasteiger partial charge in [0.1, 0.15) is 16.7 Å². The normalized spacial score (nSPS) is 20.8. The van der Waals surface area contributed by atoms with E-state index < -0.39 is 16.1 Å². The molecule has 0 aliphatic carbocycles. The lowest BCUT2D eigenvalue weighted by atomic mass is 10.0. The molecule has 0 bridgehead atoms. The molecular formula is C27H37N3O4S. The van der Waals surface area contributed by atoms with Gasteiger partial charge in [-0.15, -0.1) is 0 Å². The molecule has 2 heterocycles. The highest BCUT2D eigenvalue weighted by Crippen LogP contribution is 2.34. The van der Waals surface area contributed by atoms with Crippen molar-refractivity contribution < 1.29 is 18.3 Å². The van der Waals surface area contributed by atoms with Gasteiger partial charge in [0.25, 0.3) is 0 Å². The molecular weight excluding hydrogens is 462 g/mol. The number of pyridine rings is 1. The molecule has 3 atom stereocenters. The Bertz CT molecular complexity index is 1140. The van der Waals surface area contributed by atoms with E-state index in [-0.39, 0.29) is 30.1 Å². The molecule has 35 heavy (non-hydrogen) atoms. The summed E-state index contributed by atoms with van der Waals surface area (Å²) in [5.41, 5.74) is 1.86. The van der Waals surface area contributed by atoms with Crippen LogP contribution < -0.4 is 4.74 Å². The number of hydrogen-bond donors (Lipinski definition) is 1. The predicted molar refractivity (Wildman–Crippen MR) is 137 cm³/mol. The third-order valence-electron chi connectivity index (χ3n) is 6.10. The summed E-state index contributed by atoms with van der Waals surface area (Å²) in [5, 5.41) is 9.81. The van der Waals surface area contributed by atoms with Gasteiger partial charge in [-0.3, -0.25) is 9.88 Å². The zero-order chi connectivity index (χ0) is 25.6. The van der Waals surface area contributed by atoms with Gasteiger partial charge in [-0.25, -0.2) is 8.42 Å². The fourth-order valence-corrected chi connectivity index (χ4v) is 5.88. The zero-order valence-corrected chi connectivity index (χ0v) is 22.1. The van der Waals surface area contributed by atoms with Crippen molar-refractivity contribution in [1.29, 1.82) is 0 Å². The van der Waals surface area contributed by atoms with Crippen molar-refractivity contribution in [1.82, 2.24) is 14.2 Å². The molecule has 1 aliphatic rings. The van der Waals surface area contributed by atoms with Crippen molar-refractivity contribution in [3.8, 4) is 17.6 Å². The largest absolute Gasteiger partial charge is 0.487 e. The number of sulfonamides is 1. The lowest BCUT2D eigenvalue weighted by Gasteiger charge is -2.37. The van der Waals surface area contributed by atoms with Crippen LogP contribution in [0.15, 0.2) is 47.6 Å². The monoisotopic (exact) mass is 499 g/mol. The second kappa shape index (κ2) is 12.0. The van der Waals surface area contributed by atoms with Gasteiger partial charge in [-0.05, 0) is 55.8 Å². The number of aliphatic hydroxyl groups is 1. The maximum atomic E-state index is 13.6. The summed E-state index contributed by atoms with van der Waals surface area (Å²) in [5.74, 6) is 6.96. The Kier molecular flexibility index (Phi) is 9.31. The van der Waals surface area contributed by atoms with Crippen LogP contribution >= 0.6 is 0 Å². The van der Waals surface area contributed by atoms with Gasteiger partial charge in [0.2, 0.25) is 10.0 Å². The van der Waals surface area contributed by atoms with Crippen LogP contribution in [0, 0.1) is 23.7 Å². The summed E-state index contributed by atoms with van der Waals surface area (Å²) in [7, 11) is -1.84. The standard InChI is InChI=1S/C27H37N3O4S/c1-20(2)7-6-8-23-9-10-27-25(15-23)34-26(18-29(5)17-24-11-13-28-14-12-24)21(3)16-30(22(4)19-31)35(27,32)33/h9-15,20-22,26,31H,7,16-19H2,1-5H3/t21-,22+,26-/m1/s1. The van der Waals surface area contributed by atoms with Gasteiger partial charge >= 0.3 is 0 Å². The van der Waals surface area contributed by atoms with Gasteiger partial charge in [0.15, 0.2) is 0 Å². The molecule has 0 spiro atoms. The van der Waals surface area contributed by atoms with Gasteiger partial charge < -0.3 is 9.84 Å². The number of rotatable bonds is 7. The smallest absolute Gasteiger partial charge is 0.247 e. The maximum absolute atomic E-state index is 13.6. The first kappa shape index (κ1) is 27.2. The van der Waals surface area contributed by atoms with Crippen LogP contribution in [0.4, 0.5) is 0 Å². The summed E-state index contributed by atoms with van der Waals surface area (Å²) in [6.45, 7) is 9.26. The fourth-order valence-electron chi connectivity index (χ4n) is 4.05. The Morgan fingerprint density at radius 1 is 1.23 bits per heavy atom. The molecule has 0 saturated heterocycles. The van der Waals surface area contributed by atoms with E-state index in [1.807, 2.05) is 26.1 Å². The van der Waals surface area contributed by atoms with Crippen LogP contribution in [-0.2, 0) is 16.6 Å². The van der Waals surface area contributed by atoms with Gasteiger partial charge in [-0.1, -0.05) is 32.6 Å². The molecule has 0 unspecified atom stereocenters. The van der Waals surface area contributed by atoms with Crippen LogP contribution in [0.2, 0.25) is 0 Å². The van der Waals surface area contributed by atoms with E-state index in [0.717, 1.165) is 24.1 Å². The Balaban J connectivity index is 1.97. The zero-order valence-electron chi connectivity index (χ0n) is 21.3. The quantitative estimate of drug-likeness (QED) is 0.588. The SMILES string of the molecule is CC(C)CC#Cc1ccc2c(c1)O[C@H](CN(C)Cc1ccncc1)[C@H](C)CN([C@@H](C)CO)S2(=O)=O. The average molecular weight is 500 g/mol. The average Bonchev–Trinajstić information content (AvgIpc) is 2.81. The van der Waals surface area contributed by atoms with Crippen molar-refractivity contribution in [3.63, 3.8) is 0 Å². The fraction of sp³-hybridized carbons (Fsp3) is 0.519. The minimum absolute atomic E-state index is 0.109. The van der Waals surface area contributed by atoms with Crippen LogP contribution in [0.5, 0.6) is 5.75 Å². The number of ether oxygens (including phenoxy) is 1. The Morgan fingerprint density at radius 3 is 2.60 bits per heavy atom. The van der Waals surface area contributed by atoms with E-state index in [9.17, 15) is 13.5 Å². The molecule has 0 fully saturated rings. The molecule has 190 valence electrons. The van der Waals surface area contributed by atoms with Crippen molar-refractivity contribution in [2.45, 2.75) is 57.7 Å². The second-order valence-electron chi connectivity index (χ2n) is 9.85. The molecule has 0 radical (unpaired) electrons. The minimum atomic E-state index is -3.86. The first-order chi connectivity index (χ1) is 16.6. The Labute approximate surface area is 210 Å². The number of aromatic nitrogens is 1. The van der Waals surface area contributed by atoms with Crippen LogP contribution in [0.25, 0.3) is 0 Å². The third kappa shape index (κ3) is 7.05. The molecule has 7 nitrogen and oxygen atoms in total. The number of likely N-dealkylation sites (N-methyl/N-ethyl adjacent to an activating group) is 1. The van der Waals surface area contributed by atoms with Crippen LogP contribution in [0.3, 0.4) is 0 Å². The summed E-state index contributed by atoms with van der Waals surface area (Å²) in [6, 6.07) is 8.45. The molecule has 3 rings (SSSR count). The molecule has 8 heteroatoms. The van der Waals surface area contributed by atoms with E-state index in [1.54, 1.807) is 37.5 Å². The molecule has 2 aromatic rings. The second-order valence-corrected chi connectivity index (χ2v) is 11.7. The lowest BCUT2D eigenvalue weighted by molar-refractivity contribution is 0.0733. The molecule has 0 saturated carbocycles. The maximum Gasteiger partial charge on any atom is 0.247 e. The van der Waals surface area contributed by atoms with Crippen molar-refractivity contribution >= 4 is 10.0 Å². The van der Waals surface area contributed by atoms with Gasteiger partial charge in [-0.2, -0.15) is 4.31 Å². The molecule has 1 aromatic carbocycles. The molecule has 0 amide bonds. The van der Waals surface area contributed by atoms with Crippen molar-refractivity contribution in [3.05, 3.63) is 53.9 Å². The summed E-state index contributed by atoms with van der Waals surface area (Å²) in [4.78, 5) is 6.35. The number of fused-ring (bicyclic) bond motifs is 1. The van der Waals surface area contributed by atoms with Crippen LogP contribution in [-0.4, -0.2) is 66.6 Å². The summed E-state index contributed by atoms with van der Waals surface area (Å²) >= 11 is 0. The van der Waals surface area contributed by atoms with E-state index >= 15 is 0 Å². The topological polar surface area (TPSA) is 83.0 Å². The lowest BCUT2D eigenvalue weighted by Crippen LogP contribution is -2.49. The molecule has 1 N–H and O–H groups in total. The number of hydrogen-bond acceptors (Lipinski definition) is 6. The highest BCUT2D eigenvalue weighted by molar-refractivity contribution is 7.89. The van der Waals surface area contributed by atoms with E-state index in [4.69, 9.17) is 4.74 Å². The van der Waals surface area contributed by atoms with Gasteiger partial charge in [0.05, 0.1) is 6.61 Å². The highest BCUT2D eigenvalue weighted by Gasteiger charge is 2.38. The molecule has 1 aromatic heterocycles. The Hall–Kier alpha value is -2.44. The molecule has 1 aliphatic heterocycles. The minimum Gasteiger partial charge on any atom is -0.487 e. The summed E-state index contributed by atoms with van der Waals surface area (Å²) in [6.07, 6.45) is 4.05. The van der Waals surface area contributed by atoms with Crippen LogP contribution in [0.1, 0.15) is 45.2 Å². The Morgan fingerprint density at radius 2 is 1.94 bits per heavy atom.